The van der Waals surface area contributed by atoms with Gasteiger partial charge in [-0.1, -0.05) is 12.1 Å². The highest BCUT2D eigenvalue weighted by atomic mass is 16.5. The molecule has 1 unspecified atom stereocenters. The van der Waals surface area contributed by atoms with Gasteiger partial charge >= 0.3 is 5.97 Å². The Labute approximate surface area is 156 Å². The smallest absolute Gasteiger partial charge is 0.305 e. The third-order valence-electron chi connectivity index (χ3n) is 4.13. The van der Waals surface area contributed by atoms with Crippen LogP contribution in [0, 0.1) is 13.8 Å². The van der Waals surface area contributed by atoms with Gasteiger partial charge < -0.3 is 20.3 Å². The number of hydrogen-bond acceptors (Lipinski definition) is 5. The second-order valence-corrected chi connectivity index (χ2v) is 6.37. The van der Waals surface area contributed by atoms with Crippen LogP contribution in [0.4, 0.5) is 5.69 Å². The van der Waals surface area contributed by atoms with Crippen LogP contribution in [0.3, 0.4) is 0 Å². The predicted octanol–water partition coefficient (Wildman–Crippen LogP) is 2.63. The Kier molecular flexibility index (Phi) is 6.70. The minimum absolute atomic E-state index is 0.0319. The van der Waals surface area contributed by atoms with Gasteiger partial charge in [-0.05, 0) is 44.0 Å². The number of carboxylic acids is 1. The molecule has 2 aromatic rings. The minimum Gasteiger partial charge on any atom is -0.481 e. The molecule has 0 aliphatic carbocycles. The highest BCUT2D eigenvalue weighted by Crippen LogP contribution is 2.26. The largest absolute Gasteiger partial charge is 0.481 e. The number of carbonyl (C=O) groups is 3. The summed E-state index contributed by atoms with van der Waals surface area (Å²) in [7, 11) is 0. The van der Waals surface area contributed by atoms with E-state index in [1.165, 1.54) is 0 Å². The van der Waals surface area contributed by atoms with Crippen LogP contribution in [0.15, 0.2) is 28.8 Å². The number of hydrogen-bond donors (Lipinski definition) is 3. The lowest BCUT2D eigenvalue weighted by Gasteiger charge is -2.12. The first-order chi connectivity index (χ1) is 12.8. The Hall–Kier alpha value is -3.16. The fourth-order valence-corrected chi connectivity index (χ4v) is 2.88. The van der Waals surface area contributed by atoms with Gasteiger partial charge in [0.2, 0.25) is 5.91 Å². The van der Waals surface area contributed by atoms with Gasteiger partial charge in [-0.15, -0.1) is 0 Å². The Balaban J connectivity index is 1.89. The molecule has 0 fully saturated rings. The number of anilines is 1. The van der Waals surface area contributed by atoms with Gasteiger partial charge in [0, 0.05) is 29.8 Å². The minimum atomic E-state index is -0.973. The maximum Gasteiger partial charge on any atom is 0.305 e. The zero-order chi connectivity index (χ0) is 20.0. The van der Waals surface area contributed by atoms with E-state index in [9.17, 15) is 14.4 Å². The zero-order valence-electron chi connectivity index (χ0n) is 15.5. The van der Waals surface area contributed by atoms with Crippen molar-refractivity contribution in [2.24, 2.45) is 0 Å². The number of amides is 2. The first kappa shape index (κ1) is 20.2. The molecule has 0 saturated heterocycles. The van der Waals surface area contributed by atoms with Gasteiger partial charge in [-0.2, -0.15) is 0 Å². The van der Waals surface area contributed by atoms with Crippen LogP contribution in [0.1, 0.15) is 53.1 Å². The van der Waals surface area contributed by atoms with E-state index >= 15 is 0 Å². The monoisotopic (exact) mass is 373 g/mol. The van der Waals surface area contributed by atoms with Crippen molar-refractivity contribution in [1.82, 2.24) is 10.5 Å². The third kappa shape index (κ3) is 5.67. The fraction of sp³-hybridized carbons (Fsp3) is 0.368. The van der Waals surface area contributed by atoms with E-state index < -0.39 is 5.97 Å². The number of nitrogens with zero attached hydrogens (tertiary/aromatic N) is 1. The van der Waals surface area contributed by atoms with Gasteiger partial charge in [0.15, 0.2) is 0 Å². The number of aryl methyl sites for hydroxylation is 2. The fourth-order valence-electron chi connectivity index (χ4n) is 2.88. The summed E-state index contributed by atoms with van der Waals surface area (Å²) in [6.07, 6.45) is 0.142. The molecule has 1 aromatic carbocycles. The lowest BCUT2D eigenvalue weighted by atomic mass is 9.96. The summed E-state index contributed by atoms with van der Waals surface area (Å²) in [6, 6.07) is 6.40. The molecule has 0 aliphatic heterocycles. The second kappa shape index (κ2) is 8.98. The molecule has 1 atom stereocenters. The van der Waals surface area contributed by atoms with E-state index in [1.54, 1.807) is 24.3 Å². The van der Waals surface area contributed by atoms with Crippen LogP contribution in [0.25, 0.3) is 0 Å². The average Bonchev–Trinajstić information content (AvgIpc) is 2.93. The molecule has 3 N–H and O–H groups in total. The van der Waals surface area contributed by atoms with E-state index in [2.05, 4.69) is 15.8 Å². The Bertz CT molecular complexity index is 807. The Morgan fingerprint density at radius 2 is 1.85 bits per heavy atom. The van der Waals surface area contributed by atoms with Crippen molar-refractivity contribution in [1.29, 1.82) is 0 Å². The molecule has 0 radical (unpaired) electrons. The number of nitrogens with one attached hydrogen (secondary N) is 2. The number of carbonyl (C=O) groups excluding carboxylic acids is 2. The molecule has 0 bridgehead atoms. The maximum absolute atomic E-state index is 12.3. The van der Waals surface area contributed by atoms with Crippen molar-refractivity contribution in [3.8, 4) is 0 Å². The molecule has 0 spiro atoms. The van der Waals surface area contributed by atoms with Crippen LogP contribution in [-0.4, -0.2) is 34.6 Å². The summed E-state index contributed by atoms with van der Waals surface area (Å²) < 4.78 is 5.14. The topological polar surface area (TPSA) is 122 Å². The average molecular weight is 373 g/mol. The summed E-state index contributed by atoms with van der Waals surface area (Å²) in [4.78, 5) is 34.6. The van der Waals surface area contributed by atoms with Crippen molar-refractivity contribution in [2.75, 3.05) is 11.9 Å². The normalized spacial score (nSPS) is 11.7. The molecule has 27 heavy (non-hydrogen) atoms. The van der Waals surface area contributed by atoms with E-state index in [4.69, 9.17) is 9.63 Å². The molecule has 0 aliphatic rings. The van der Waals surface area contributed by atoms with Crippen molar-refractivity contribution in [2.45, 2.75) is 39.5 Å². The van der Waals surface area contributed by atoms with Crippen LogP contribution in [0.2, 0.25) is 0 Å². The Morgan fingerprint density at radius 3 is 2.41 bits per heavy atom. The number of rotatable bonds is 8. The number of benzene rings is 1. The molecule has 144 valence electrons. The van der Waals surface area contributed by atoms with Gasteiger partial charge in [0.25, 0.3) is 5.91 Å². The number of carboxylic acid groups (broad SMARTS) is 1. The summed E-state index contributed by atoms with van der Waals surface area (Å²) in [5, 5.41) is 17.8. The molecule has 8 heteroatoms. The van der Waals surface area contributed by atoms with Crippen LogP contribution in [0.5, 0.6) is 0 Å². The first-order valence-corrected chi connectivity index (χ1v) is 8.60. The summed E-state index contributed by atoms with van der Waals surface area (Å²) in [6.45, 7) is 5.67. The van der Waals surface area contributed by atoms with Gasteiger partial charge in [0.1, 0.15) is 5.76 Å². The molecular formula is C19H23N3O5. The van der Waals surface area contributed by atoms with E-state index in [0.29, 0.717) is 17.0 Å². The van der Waals surface area contributed by atoms with E-state index in [1.807, 2.05) is 20.8 Å². The van der Waals surface area contributed by atoms with Crippen LogP contribution in [-0.2, 0) is 9.59 Å². The quantitative estimate of drug-likeness (QED) is 0.654. The molecule has 2 amide bonds. The highest BCUT2D eigenvalue weighted by Gasteiger charge is 2.19. The standard InChI is InChI=1S/C19H23N3O5/c1-11(18-12(2)22-27-13(18)3)10-16(23)21-15-6-4-14(5-7-15)19(26)20-9-8-17(24)25/h4-7,11H,8-10H2,1-3H3,(H,20,26)(H,21,23)(H,24,25). The van der Waals surface area contributed by atoms with Gasteiger partial charge in [-0.25, -0.2) is 0 Å². The lowest BCUT2D eigenvalue weighted by Crippen LogP contribution is -2.25. The van der Waals surface area contributed by atoms with Crippen molar-refractivity contribution in [3.05, 3.63) is 46.8 Å². The molecule has 1 aromatic heterocycles. The van der Waals surface area contributed by atoms with E-state index in [0.717, 1.165) is 11.3 Å². The summed E-state index contributed by atoms with van der Waals surface area (Å²) >= 11 is 0. The maximum atomic E-state index is 12.3. The Morgan fingerprint density at radius 1 is 1.19 bits per heavy atom. The first-order valence-electron chi connectivity index (χ1n) is 8.60. The predicted molar refractivity (Wildman–Crippen MR) is 98.7 cm³/mol. The molecule has 2 rings (SSSR count). The molecular weight excluding hydrogens is 350 g/mol. The van der Waals surface area contributed by atoms with Crippen molar-refractivity contribution in [3.63, 3.8) is 0 Å². The summed E-state index contributed by atoms with van der Waals surface area (Å²) in [5.74, 6) is -0.803. The van der Waals surface area contributed by atoms with Crippen LogP contribution < -0.4 is 10.6 Å². The van der Waals surface area contributed by atoms with Crippen LogP contribution >= 0.6 is 0 Å². The van der Waals surface area contributed by atoms with Crippen molar-refractivity contribution >= 4 is 23.5 Å². The lowest BCUT2D eigenvalue weighted by molar-refractivity contribution is -0.136. The van der Waals surface area contributed by atoms with Gasteiger partial charge in [0.05, 0.1) is 12.1 Å². The third-order valence-corrected chi connectivity index (χ3v) is 4.13. The van der Waals surface area contributed by atoms with Gasteiger partial charge in [-0.3, -0.25) is 14.4 Å². The SMILES string of the molecule is Cc1noc(C)c1C(C)CC(=O)Nc1ccc(C(=O)NCCC(=O)O)cc1. The zero-order valence-corrected chi connectivity index (χ0v) is 15.5. The second-order valence-electron chi connectivity index (χ2n) is 6.37. The highest BCUT2D eigenvalue weighted by molar-refractivity contribution is 5.96. The molecule has 8 nitrogen and oxygen atoms in total. The van der Waals surface area contributed by atoms with Crippen molar-refractivity contribution < 1.29 is 24.0 Å². The molecule has 0 saturated carbocycles. The number of aliphatic carboxylic acids is 1. The summed E-state index contributed by atoms with van der Waals surface area (Å²) in [5.41, 5.74) is 2.69. The van der Waals surface area contributed by atoms with E-state index in [-0.39, 0.29) is 37.1 Å². The molecule has 1 heterocycles. The number of aromatic nitrogens is 1.